The lowest BCUT2D eigenvalue weighted by atomic mass is 9.83. The van der Waals surface area contributed by atoms with Crippen LogP contribution in [0.25, 0.3) is 0 Å². The number of alkyl halides is 2. The van der Waals surface area contributed by atoms with Gasteiger partial charge in [0.25, 0.3) is 12.3 Å². The third-order valence-corrected chi connectivity index (χ3v) is 5.94. The first-order valence-electron chi connectivity index (χ1n) is 10.4. The number of pyridine rings is 1. The Morgan fingerprint density at radius 1 is 1.26 bits per heavy atom. The number of guanidine groups is 1. The summed E-state index contributed by atoms with van der Waals surface area (Å²) < 4.78 is 27.1. The molecule has 6 nitrogen and oxygen atoms in total. The molecule has 3 aliphatic rings. The predicted octanol–water partition coefficient (Wildman–Crippen LogP) is 4.09. The Morgan fingerprint density at radius 3 is 2.74 bits per heavy atom. The highest BCUT2D eigenvalue weighted by Gasteiger charge is 2.38. The number of aryl methyl sites for hydroxylation is 2. The van der Waals surface area contributed by atoms with Crippen LogP contribution >= 0.6 is 0 Å². The summed E-state index contributed by atoms with van der Waals surface area (Å²) in [5.74, 6) is 0.130. The van der Waals surface area contributed by atoms with Crippen molar-refractivity contribution < 1.29 is 13.6 Å². The van der Waals surface area contributed by atoms with Crippen molar-refractivity contribution in [3.05, 3.63) is 58.5 Å². The highest BCUT2D eigenvalue weighted by molar-refractivity contribution is 6.09. The first-order chi connectivity index (χ1) is 14.7. The number of hydrogen-bond acceptors (Lipinski definition) is 5. The van der Waals surface area contributed by atoms with Crippen molar-refractivity contribution in [1.82, 2.24) is 14.8 Å². The molecule has 0 bridgehead atoms. The van der Waals surface area contributed by atoms with Gasteiger partial charge in [0.1, 0.15) is 11.4 Å². The van der Waals surface area contributed by atoms with E-state index in [1.165, 1.54) is 12.3 Å². The fourth-order valence-corrected chi connectivity index (χ4v) is 4.34. The number of likely N-dealkylation sites (tertiary alicyclic amines) is 1. The average Bonchev–Trinajstić information content (AvgIpc) is 2.72. The second-order valence-electron chi connectivity index (χ2n) is 8.32. The van der Waals surface area contributed by atoms with Crippen LogP contribution in [0.1, 0.15) is 42.0 Å². The molecule has 4 rings (SSSR count). The van der Waals surface area contributed by atoms with E-state index in [9.17, 15) is 13.6 Å². The zero-order chi connectivity index (χ0) is 22.3. The number of aliphatic imine (C=N–C) groups is 2. The number of carbonyl (C=O) groups is 1. The topological polar surface area (TPSA) is 61.2 Å². The molecular weight excluding hydrogens is 400 g/mol. The number of nitrogens with zero attached hydrogens (tertiary/aromatic N) is 5. The molecule has 1 saturated heterocycles. The van der Waals surface area contributed by atoms with Crippen molar-refractivity contribution in [3.8, 4) is 0 Å². The van der Waals surface area contributed by atoms with Crippen molar-refractivity contribution >= 4 is 17.6 Å². The second kappa shape index (κ2) is 8.19. The summed E-state index contributed by atoms with van der Waals surface area (Å²) >= 11 is 0. The molecule has 31 heavy (non-hydrogen) atoms. The van der Waals surface area contributed by atoms with Gasteiger partial charge in [0.15, 0.2) is 0 Å². The van der Waals surface area contributed by atoms with Crippen LogP contribution in [0.4, 0.5) is 8.78 Å². The number of fused-ring (bicyclic) bond motifs is 1. The van der Waals surface area contributed by atoms with Gasteiger partial charge >= 0.3 is 0 Å². The largest absolute Gasteiger partial charge is 0.337 e. The molecule has 0 aromatic carbocycles. The number of carbonyl (C=O) groups excluding carboxylic acids is 1. The quantitative estimate of drug-likeness (QED) is 0.686. The van der Waals surface area contributed by atoms with Crippen LogP contribution < -0.4 is 0 Å². The Bertz CT molecular complexity index is 1060. The van der Waals surface area contributed by atoms with Gasteiger partial charge in [-0.05, 0) is 56.9 Å². The molecule has 1 aromatic heterocycles. The molecule has 2 atom stereocenters. The van der Waals surface area contributed by atoms with Gasteiger partial charge in [-0.25, -0.2) is 23.7 Å². The smallest absolute Gasteiger partial charge is 0.280 e. The van der Waals surface area contributed by atoms with Gasteiger partial charge in [-0.15, -0.1) is 0 Å². The maximum absolute atomic E-state index is 13.6. The van der Waals surface area contributed by atoms with Gasteiger partial charge < -0.3 is 4.90 Å². The lowest BCUT2D eigenvalue weighted by Crippen LogP contribution is -2.48. The van der Waals surface area contributed by atoms with Crippen LogP contribution in [0.2, 0.25) is 0 Å². The molecule has 0 aliphatic carbocycles. The molecule has 0 saturated carbocycles. The van der Waals surface area contributed by atoms with E-state index in [0.29, 0.717) is 24.5 Å². The van der Waals surface area contributed by atoms with E-state index in [0.717, 1.165) is 23.4 Å². The molecule has 3 aliphatic heterocycles. The van der Waals surface area contributed by atoms with Crippen molar-refractivity contribution in [2.45, 2.75) is 40.5 Å². The van der Waals surface area contributed by atoms with Gasteiger partial charge in [0.2, 0.25) is 5.96 Å². The van der Waals surface area contributed by atoms with Crippen LogP contribution in [0.5, 0.6) is 0 Å². The molecule has 162 valence electrons. The first-order valence-corrected chi connectivity index (χ1v) is 10.4. The van der Waals surface area contributed by atoms with E-state index in [-0.39, 0.29) is 29.4 Å². The minimum absolute atomic E-state index is 0.137. The van der Waals surface area contributed by atoms with Gasteiger partial charge in [0, 0.05) is 30.4 Å². The van der Waals surface area contributed by atoms with E-state index >= 15 is 0 Å². The van der Waals surface area contributed by atoms with E-state index < -0.39 is 6.43 Å². The number of hydrogen-bond donors (Lipinski definition) is 0. The standard InChI is InChI=1S/C23H25F2N5O/c1-13-9-15(3)27-19(10-13)22(31)29-8-6-14(2)17(12-29)20-11-18(21(24)25)28-23-26-7-5-16(4)30(20)23/h7,9-11,14,17,21H,6,8,12H2,1-4H3/t14?,17-/m1/s1. The first kappa shape index (κ1) is 21.1. The molecule has 1 unspecified atom stereocenters. The number of allylic oxidation sites excluding steroid dienone is 2. The Hall–Kier alpha value is -3.12. The van der Waals surface area contributed by atoms with Gasteiger partial charge in [-0.1, -0.05) is 12.7 Å². The van der Waals surface area contributed by atoms with Crippen molar-refractivity contribution in [2.75, 3.05) is 13.1 Å². The molecule has 0 spiro atoms. The number of piperidine rings is 1. The molecule has 1 aromatic rings. The fourth-order valence-electron chi connectivity index (χ4n) is 4.34. The summed E-state index contributed by atoms with van der Waals surface area (Å²) in [6, 6.07) is 3.71. The van der Waals surface area contributed by atoms with E-state index in [1.54, 1.807) is 15.9 Å². The summed E-state index contributed by atoms with van der Waals surface area (Å²) in [5.41, 5.74) is 6.32. The summed E-state index contributed by atoms with van der Waals surface area (Å²) in [7, 11) is 0. The maximum atomic E-state index is 13.6. The Balaban J connectivity index is 1.67. The summed E-state index contributed by atoms with van der Waals surface area (Å²) in [6.07, 6.45) is 0.956. The molecule has 0 radical (unpaired) electrons. The van der Waals surface area contributed by atoms with Gasteiger partial charge in [-0.3, -0.25) is 9.69 Å². The van der Waals surface area contributed by atoms with Crippen LogP contribution in [0, 0.1) is 25.7 Å². The molecule has 8 heteroatoms. The summed E-state index contributed by atoms with van der Waals surface area (Å²) in [4.78, 5) is 29.3. The van der Waals surface area contributed by atoms with Crippen LogP contribution in [-0.2, 0) is 0 Å². The highest BCUT2D eigenvalue weighted by atomic mass is 19.3. The lowest BCUT2D eigenvalue weighted by Gasteiger charge is -2.42. The van der Waals surface area contributed by atoms with Gasteiger partial charge in [-0.2, -0.15) is 0 Å². The number of amides is 1. The molecular formula is C23H25F2N5O. The highest BCUT2D eigenvalue weighted by Crippen LogP contribution is 2.36. The number of rotatable bonds is 3. The average molecular weight is 425 g/mol. The number of halogens is 2. The van der Waals surface area contributed by atoms with Crippen molar-refractivity contribution in [3.63, 3.8) is 0 Å². The Morgan fingerprint density at radius 2 is 2.03 bits per heavy atom. The van der Waals surface area contributed by atoms with E-state index in [2.05, 4.69) is 27.6 Å². The third kappa shape index (κ3) is 4.08. The monoisotopic (exact) mass is 425 g/mol. The maximum Gasteiger partial charge on any atom is 0.280 e. The lowest BCUT2D eigenvalue weighted by molar-refractivity contribution is 0.0622. The van der Waals surface area contributed by atoms with Crippen LogP contribution in [0.15, 0.2) is 51.5 Å². The van der Waals surface area contributed by atoms with Crippen LogP contribution in [-0.4, -0.2) is 51.9 Å². The zero-order valence-electron chi connectivity index (χ0n) is 18.1. The summed E-state index contributed by atoms with van der Waals surface area (Å²) in [5, 5.41) is 0. The van der Waals surface area contributed by atoms with Gasteiger partial charge in [0.05, 0.1) is 11.9 Å². The molecule has 0 N–H and O–H groups in total. The SMILES string of the molecule is CC1=C=CN=C2N=C(C(F)F)C=C([C@@H]3CN(C(=O)c4cc(C)cc(C)n4)CCC3C)N12. The second-order valence-corrected chi connectivity index (χ2v) is 8.32. The molecule has 1 amide bonds. The number of aromatic nitrogens is 1. The third-order valence-electron chi connectivity index (χ3n) is 5.94. The van der Waals surface area contributed by atoms with Crippen LogP contribution in [0.3, 0.4) is 0 Å². The Kier molecular flexibility index (Phi) is 5.58. The minimum Gasteiger partial charge on any atom is -0.337 e. The Labute approximate surface area is 180 Å². The molecule has 1 fully saturated rings. The van der Waals surface area contributed by atoms with Crippen molar-refractivity contribution in [2.24, 2.45) is 21.8 Å². The van der Waals surface area contributed by atoms with Crippen molar-refractivity contribution in [1.29, 1.82) is 0 Å². The predicted molar refractivity (Wildman–Crippen MR) is 115 cm³/mol. The van der Waals surface area contributed by atoms with E-state index in [1.807, 2.05) is 26.8 Å². The normalized spacial score (nSPS) is 23.2. The fraction of sp³-hybridized carbons (Fsp3) is 0.435. The zero-order valence-corrected chi connectivity index (χ0v) is 18.1. The minimum atomic E-state index is -2.70. The van der Waals surface area contributed by atoms with E-state index in [4.69, 9.17) is 0 Å². The molecule has 4 heterocycles. The summed E-state index contributed by atoms with van der Waals surface area (Å²) in [6.45, 7) is 8.75.